The highest BCUT2D eigenvalue weighted by Crippen LogP contribution is 2.39. The van der Waals surface area contributed by atoms with Crippen LogP contribution in [0.4, 0.5) is 0 Å². The first kappa shape index (κ1) is 13.8. The first-order chi connectivity index (χ1) is 8.63. The van der Waals surface area contributed by atoms with Crippen LogP contribution < -0.4 is 0 Å². The average Bonchev–Trinajstić information content (AvgIpc) is 2.72. The van der Waals surface area contributed by atoms with Crippen molar-refractivity contribution in [2.45, 2.75) is 0 Å². The Labute approximate surface area is 130 Å². The van der Waals surface area contributed by atoms with Gasteiger partial charge in [-0.2, -0.15) is 5.26 Å². The van der Waals surface area contributed by atoms with Gasteiger partial charge in [-0.05, 0) is 44.0 Å². The third-order valence-corrected chi connectivity index (χ3v) is 5.92. The number of hydrogen-bond donors (Lipinski definition) is 0. The summed E-state index contributed by atoms with van der Waals surface area (Å²) in [5, 5.41) is 9.68. The molecule has 2 rings (SSSR count). The van der Waals surface area contributed by atoms with E-state index in [0.29, 0.717) is 16.2 Å². The van der Waals surface area contributed by atoms with Gasteiger partial charge >= 0.3 is 0 Å². The van der Waals surface area contributed by atoms with Crippen LogP contribution >= 0.6 is 54.8 Å². The number of aromatic nitrogens is 1. The van der Waals surface area contributed by atoms with Crippen LogP contribution in [0.3, 0.4) is 0 Å². The lowest BCUT2D eigenvalue weighted by atomic mass is 10.1. The van der Waals surface area contributed by atoms with Crippen molar-refractivity contribution in [3.63, 3.8) is 0 Å². The zero-order chi connectivity index (χ0) is 13.1. The van der Waals surface area contributed by atoms with Crippen molar-refractivity contribution in [1.29, 1.82) is 5.26 Å². The van der Waals surface area contributed by atoms with Gasteiger partial charge in [-0.15, -0.1) is 11.3 Å². The molecule has 0 saturated carbocycles. The molecule has 0 aliphatic carbocycles. The molecule has 2 aromatic rings. The zero-order valence-corrected chi connectivity index (χ0v) is 13.6. The number of pyridine rings is 1. The summed E-state index contributed by atoms with van der Waals surface area (Å²) in [6, 6.07) is 7.59. The molecule has 2 nitrogen and oxygen atoms in total. The molecule has 0 spiro atoms. The second kappa shape index (κ2) is 5.98. The molecule has 90 valence electrons. The van der Waals surface area contributed by atoms with E-state index in [0.717, 1.165) is 13.1 Å². The van der Waals surface area contributed by atoms with E-state index in [1.807, 2.05) is 12.1 Å². The van der Waals surface area contributed by atoms with Crippen molar-refractivity contribution in [1.82, 2.24) is 4.98 Å². The fourth-order valence-electron chi connectivity index (χ4n) is 1.33. The summed E-state index contributed by atoms with van der Waals surface area (Å²) in [5.74, 6) is 0. The van der Waals surface area contributed by atoms with Gasteiger partial charge in [0.1, 0.15) is 6.07 Å². The average molecular weight is 405 g/mol. The van der Waals surface area contributed by atoms with Crippen molar-refractivity contribution in [3.8, 4) is 6.07 Å². The van der Waals surface area contributed by atoms with E-state index in [2.05, 4.69) is 42.9 Å². The topological polar surface area (TPSA) is 36.7 Å². The Morgan fingerprint density at radius 1 is 1.44 bits per heavy atom. The molecule has 0 amide bonds. The summed E-state index contributed by atoms with van der Waals surface area (Å²) in [5.41, 5.74) is 1.14. The van der Waals surface area contributed by atoms with Crippen LogP contribution in [-0.2, 0) is 0 Å². The summed E-state index contributed by atoms with van der Waals surface area (Å²) >= 11 is 14.6. The van der Waals surface area contributed by atoms with E-state index >= 15 is 0 Å². The number of allylic oxidation sites excluding steroid dienone is 1. The minimum atomic E-state index is 0.422. The lowest BCUT2D eigenvalue weighted by Crippen LogP contribution is -1.85. The van der Waals surface area contributed by atoms with Crippen LogP contribution in [0.25, 0.3) is 10.6 Å². The molecule has 0 radical (unpaired) electrons. The van der Waals surface area contributed by atoms with Crippen LogP contribution in [0.1, 0.15) is 10.4 Å². The van der Waals surface area contributed by atoms with E-state index in [1.165, 1.54) is 11.3 Å². The largest absolute Gasteiger partial charge is 0.264 e. The van der Waals surface area contributed by atoms with Gasteiger partial charge in [0.15, 0.2) is 0 Å². The van der Waals surface area contributed by atoms with E-state index in [1.54, 1.807) is 18.5 Å². The minimum Gasteiger partial charge on any atom is -0.264 e. The number of hydrogen-bond acceptors (Lipinski definition) is 3. The highest BCUT2D eigenvalue weighted by molar-refractivity contribution is 9.13. The third kappa shape index (κ3) is 2.83. The number of halogens is 3. The molecule has 0 atom stereocenters. The maximum atomic E-state index is 9.25. The summed E-state index contributed by atoms with van der Waals surface area (Å²) < 4.78 is 1.86. The van der Waals surface area contributed by atoms with E-state index in [9.17, 15) is 5.26 Å². The third-order valence-electron chi connectivity index (χ3n) is 2.14. The SMILES string of the molecule is N#C/C(=C(/Cl)c1cc(Br)c(Br)s1)c1cccnc1. The van der Waals surface area contributed by atoms with E-state index in [4.69, 9.17) is 11.6 Å². The molecule has 0 bridgehead atoms. The van der Waals surface area contributed by atoms with Gasteiger partial charge in [-0.1, -0.05) is 17.7 Å². The quantitative estimate of drug-likeness (QED) is 0.637. The Hall–Kier alpha value is -0.670. The molecule has 0 N–H and O–H groups in total. The van der Waals surface area contributed by atoms with Gasteiger partial charge in [-0.25, -0.2) is 0 Å². The van der Waals surface area contributed by atoms with Crippen molar-refractivity contribution in [3.05, 3.63) is 49.3 Å². The molecule has 18 heavy (non-hydrogen) atoms. The molecule has 0 fully saturated rings. The lowest BCUT2D eigenvalue weighted by molar-refractivity contribution is 1.31. The summed E-state index contributed by atoms with van der Waals surface area (Å²) in [7, 11) is 0. The molecule has 0 aliphatic rings. The fourth-order valence-corrected chi connectivity index (χ4v) is 3.63. The van der Waals surface area contributed by atoms with Gasteiger partial charge in [-0.3, -0.25) is 4.98 Å². The van der Waals surface area contributed by atoms with Crippen LogP contribution in [0.2, 0.25) is 0 Å². The number of rotatable bonds is 2. The molecule has 0 unspecified atom stereocenters. The molecule has 0 aliphatic heterocycles. The Kier molecular flexibility index (Phi) is 4.57. The first-order valence-electron chi connectivity index (χ1n) is 4.79. The van der Waals surface area contributed by atoms with E-state index in [-0.39, 0.29) is 0 Å². The molecule has 2 aromatic heterocycles. The Morgan fingerprint density at radius 3 is 2.72 bits per heavy atom. The normalized spacial score (nSPS) is 11.9. The highest BCUT2D eigenvalue weighted by atomic mass is 79.9. The highest BCUT2D eigenvalue weighted by Gasteiger charge is 2.13. The predicted octanol–water partition coefficient (Wildman–Crippen LogP) is 5.30. The summed E-state index contributed by atoms with van der Waals surface area (Å²) in [4.78, 5) is 4.82. The molecular formula is C12H5Br2ClN2S. The molecule has 2 heterocycles. The maximum Gasteiger partial charge on any atom is 0.101 e. The minimum absolute atomic E-state index is 0.422. The second-order valence-corrected chi connectivity index (χ2v) is 6.88. The fraction of sp³-hybridized carbons (Fsp3) is 0. The maximum absolute atomic E-state index is 9.25. The number of thiophene rings is 1. The van der Waals surface area contributed by atoms with Crippen molar-refractivity contribution < 1.29 is 0 Å². The molecular weight excluding hydrogens is 399 g/mol. The van der Waals surface area contributed by atoms with Crippen LogP contribution in [0, 0.1) is 11.3 Å². The van der Waals surface area contributed by atoms with Crippen molar-refractivity contribution in [2.24, 2.45) is 0 Å². The summed E-state index contributed by atoms with van der Waals surface area (Å²) in [6.07, 6.45) is 3.28. The molecule has 0 aromatic carbocycles. The smallest absolute Gasteiger partial charge is 0.101 e. The van der Waals surface area contributed by atoms with Gasteiger partial charge in [0, 0.05) is 27.3 Å². The Balaban J connectivity index is 2.55. The van der Waals surface area contributed by atoms with Crippen LogP contribution in [0.5, 0.6) is 0 Å². The second-order valence-electron chi connectivity index (χ2n) is 3.27. The Bertz CT molecular complexity index is 624. The Morgan fingerprint density at radius 2 is 2.22 bits per heavy atom. The molecule has 0 saturated heterocycles. The number of nitriles is 1. The monoisotopic (exact) mass is 402 g/mol. The van der Waals surface area contributed by atoms with Crippen molar-refractivity contribution >= 4 is 65.4 Å². The zero-order valence-electron chi connectivity index (χ0n) is 8.82. The first-order valence-corrected chi connectivity index (χ1v) is 7.57. The standard InChI is InChI=1S/C12H5Br2ClN2S/c13-9-4-10(18-12(9)14)11(15)8(5-16)7-2-1-3-17-6-7/h1-4,6H/b11-8-. The number of nitrogens with zero attached hydrogens (tertiary/aromatic N) is 2. The lowest BCUT2D eigenvalue weighted by Gasteiger charge is -2.01. The predicted molar refractivity (Wildman–Crippen MR) is 82.2 cm³/mol. The van der Waals surface area contributed by atoms with Gasteiger partial charge in [0.05, 0.1) is 14.4 Å². The van der Waals surface area contributed by atoms with Gasteiger partial charge in [0.2, 0.25) is 0 Å². The van der Waals surface area contributed by atoms with Crippen molar-refractivity contribution in [2.75, 3.05) is 0 Å². The molecule has 6 heteroatoms. The van der Waals surface area contributed by atoms with Gasteiger partial charge in [0.25, 0.3) is 0 Å². The van der Waals surface area contributed by atoms with E-state index < -0.39 is 0 Å². The van der Waals surface area contributed by atoms with Crippen LogP contribution in [0.15, 0.2) is 38.9 Å². The van der Waals surface area contributed by atoms with Crippen LogP contribution in [-0.4, -0.2) is 4.98 Å². The van der Waals surface area contributed by atoms with Gasteiger partial charge < -0.3 is 0 Å². The summed E-state index contributed by atoms with van der Waals surface area (Å²) in [6.45, 7) is 0.